The van der Waals surface area contributed by atoms with Gasteiger partial charge in [0.2, 0.25) is 0 Å². The number of aromatic hydroxyl groups is 1. The number of methoxy groups -OCH3 is 1. The van der Waals surface area contributed by atoms with Gasteiger partial charge in [-0.3, -0.25) is 0 Å². The van der Waals surface area contributed by atoms with Crippen molar-refractivity contribution in [1.29, 1.82) is 0 Å². The van der Waals surface area contributed by atoms with Gasteiger partial charge in [0.05, 0.1) is 12.7 Å². The minimum absolute atomic E-state index is 0.213. The highest BCUT2D eigenvalue weighted by Gasteiger charge is 2.11. The molecule has 2 aromatic carbocycles. The third kappa shape index (κ3) is 2.85. The molecule has 19 heavy (non-hydrogen) atoms. The fraction of sp³-hybridized carbons (Fsp3) is 0.0714. The van der Waals surface area contributed by atoms with E-state index in [2.05, 4.69) is 4.74 Å². The molecule has 2 rings (SSSR count). The Bertz CT molecular complexity index is 620. The molecule has 0 amide bonds. The molecule has 0 aliphatic heterocycles. The molecule has 1 N–H and O–H groups in total. The van der Waals surface area contributed by atoms with Gasteiger partial charge in [0.15, 0.2) is 0 Å². The SMILES string of the molecule is COC(=O)c1ccc(Cl)c(-c2cc(O)cc(F)c2)c1. The molecule has 0 unspecified atom stereocenters. The highest BCUT2D eigenvalue weighted by molar-refractivity contribution is 6.33. The lowest BCUT2D eigenvalue weighted by atomic mass is 10.0. The topological polar surface area (TPSA) is 46.5 Å². The molecule has 0 atom stereocenters. The van der Waals surface area contributed by atoms with E-state index in [0.29, 0.717) is 21.7 Å². The maximum atomic E-state index is 13.3. The van der Waals surface area contributed by atoms with Crippen LogP contribution < -0.4 is 0 Å². The van der Waals surface area contributed by atoms with Gasteiger partial charge in [-0.25, -0.2) is 9.18 Å². The predicted molar refractivity (Wildman–Crippen MR) is 69.9 cm³/mol. The zero-order valence-corrected chi connectivity index (χ0v) is 10.7. The van der Waals surface area contributed by atoms with E-state index >= 15 is 0 Å². The molecule has 5 heteroatoms. The van der Waals surface area contributed by atoms with Crippen molar-refractivity contribution < 1.29 is 19.0 Å². The van der Waals surface area contributed by atoms with Crippen LogP contribution in [0.2, 0.25) is 5.02 Å². The zero-order valence-electron chi connectivity index (χ0n) is 9.98. The number of ether oxygens (including phenoxy) is 1. The Balaban J connectivity index is 2.57. The third-order valence-electron chi connectivity index (χ3n) is 2.58. The van der Waals surface area contributed by atoms with Gasteiger partial charge in [0.1, 0.15) is 11.6 Å². The summed E-state index contributed by atoms with van der Waals surface area (Å²) in [4.78, 5) is 11.5. The Morgan fingerprint density at radius 3 is 2.63 bits per heavy atom. The van der Waals surface area contributed by atoms with E-state index < -0.39 is 11.8 Å². The lowest BCUT2D eigenvalue weighted by Gasteiger charge is -2.08. The third-order valence-corrected chi connectivity index (χ3v) is 2.91. The summed E-state index contributed by atoms with van der Waals surface area (Å²) in [5.41, 5.74) is 1.12. The molecule has 3 nitrogen and oxygen atoms in total. The van der Waals surface area contributed by atoms with E-state index in [9.17, 15) is 14.3 Å². The second-order valence-electron chi connectivity index (χ2n) is 3.88. The van der Waals surface area contributed by atoms with Crippen molar-refractivity contribution in [2.24, 2.45) is 0 Å². The minimum Gasteiger partial charge on any atom is -0.508 e. The zero-order chi connectivity index (χ0) is 14.0. The Morgan fingerprint density at radius 2 is 2.00 bits per heavy atom. The predicted octanol–water partition coefficient (Wildman–Crippen LogP) is 3.64. The molecule has 0 saturated carbocycles. The number of phenolic OH excluding ortho intramolecular Hbond substituents is 1. The number of carbonyl (C=O) groups is 1. The standard InChI is InChI=1S/C14H10ClFO3/c1-19-14(18)8-2-3-13(15)12(6-8)9-4-10(16)7-11(17)5-9/h2-7,17H,1H3. The van der Waals surface area contributed by atoms with E-state index in [1.807, 2.05) is 0 Å². The average Bonchev–Trinajstić information content (AvgIpc) is 2.37. The largest absolute Gasteiger partial charge is 0.508 e. The Hall–Kier alpha value is -2.07. The number of esters is 1. The number of halogens is 2. The first-order valence-corrected chi connectivity index (χ1v) is 5.77. The van der Waals surface area contributed by atoms with Crippen LogP contribution >= 0.6 is 11.6 Å². The monoisotopic (exact) mass is 280 g/mol. The van der Waals surface area contributed by atoms with E-state index in [4.69, 9.17) is 11.6 Å². The van der Waals surface area contributed by atoms with Crippen molar-refractivity contribution in [3.05, 3.63) is 52.8 Å². The van der Waals surface area contributed by atoms with Gasteiger partial charge in [-0.15, -0.1) is 0 Å². The molecule has 0 spiro atoms. The molecule has 0 heterocycles. The van der Waals surface area contributed by atoms with Gasteiger partial charge in [0.25, 0.3) is 0 Å². The van der Waals surface area contributed by atoms with Crippen LogP contribution in [0.3, 0.4) is 0 Å². The molecule has 0 bridgehead atoms. The van der Waals surface area contributed by atoms with Gasteiger partial charge < -0.3 is 9.84 Å². The molecular weight excluding hydrogens is 271 g/mol. The summed E-state index contributed by atoms with van der Waals surface area (Å²) >= 11 is 6.03. The molecule has 98 valence electrons. The fourth-order valence-electron chi connectivity index (χ4n) is 1.72. The van der Waals surface area contributed by atoms with Crippen LogP contribution in [0.15, 0.2) is 36.4 Å². The molecular formula is C14H10ClFO3. The van der Waals surface area contributed by atoms with Gasteiger partial charge in [-0.1, -0.05) is 11.6 Å². The van der Waals surface area contributed by atoms with Gasteiger partial charge >= 0.3 is 5.97 Å². The van der Waals surface area contributed by atoms with Crippen molar-refractivity contribution in [3.63, 3.8) is 0 Å². The number of hydrogen-bond donors (Lipinski definition) is 1. The van der Waals surface area contributed by atoms with Crippen molar-refractivity contribution in [3.8, 4) is 16.9 Å². The average molecular weight is 281 g/mol. The van der Waals surface area contributed by atoms with Crippen molar-refractivity contribution >= 4 is 17.6 Å². The number of rotatable bonds is 2. The first-order valence-electron chi connectivity index (χ1n) is 5.39. The molecule has 2 aromatic rings. The Labute approximate surface area is 114 Å². The van der Waals surface area contributed by atoms with Gasteiger partial charge in [-0.05, 0) is 35.9 Å². The van der Waals surface area contributed by atoms with Crippen LogP contribution in [0.1, 0.15) is 10.4 Å². The van der Waals surface area contributed by atoms with E-state index in [0.717, 1.165) is 6.07 Å². The number of hydrogen-bond acceptors (Lipinski definition) is 3. The molecule has 0 saturated heterocycles. The summed E-state index contributed by atoms with van der Waals surface area (Å²) in [5.74, 6) is -1.32. The van der Waals surface area contributed by atoms with Crippen molar-refractivity contribution in [1.82, 2.24) is 0 Å². The highest BCUT2D eigenvalue weighted by atomic mass is 35.5. The summed E-state index contributed by atoms with van der Waals surface area (Å²) < 4.78 is 17.9. The molecule has 0 aliphatic rings. The number of phenols is 1. The first kappa shape index (κ1) is 13.4. The van der Waals surface area contributed by atoms with E-state index in [1.54, 1.807) is 0 Å². The first-order chi connectivity index (χ1) is 9.01. The van der Waals surface area contributed by atoms with Crippen LogP contribution in [0.25, 0.3) is 11.1 Å². The van der Waals surface area contributed by atoms with Gasteiger partial charge in [-0.2, -0.15) is 0 Å². The van der Waals surface area contributed by atoms with Gasteiger partial charge in [0, 0.05) is 16.7 Å². The van der Waals surface area contributed by atoms with Crippen LogP contribution in [-0.4, -0.2) is 18.2 Å². The Kier molecular flexibility index (Phi) is 3.71. The minimum atomic E-state index is -0.588. The fourth-order valence-corrected chi connectivity index (χ4v) is 1.95. The lowest BCUT2D eigenvalue weighted by Crippen LogP contribution is -2.01. The maximum absolute atomic E-state index is 13.3. The molecule has 0 fully saturated rings. The van der Waals surface area contributed by atoms with Crippen LogP contribution in [0.4, 0.5) is 4.39 Å². The van der Waals surface area contributed by atoms with Crippen LogP contribution in [0, 0.1) is 5.82 Å². The second kappa shape index (κ2) is 5.28. The molecule has 0 aliphatic carbocycles. The summed E-state index contributed by atoms with van der Waals surface area (Å²) in [7, 11) is 1.27. The molecule has 0 aromatic heterocycles. The quantitative estimate of drug-likeness (QED) is 0.854. The van der Waals surface area contributed by atoms with Crippen LogP contribution in [0.5, 0.6) is 5.75 Å². The summed E-state index contributed by atoms with van der Waals surface area (Å²) in [5, 5.41) is 9.74. The molecule has 0 radical (unpaired) electrons. The van der Waals surface area contributed by atoms with E-state index in [-0.39, 0.29) is 5.75 Å². The summed E-state index contributed by atoms with van der Waals surface area (Å²) in [6, 6.07) is 8.10. The second-order valence-corrected chi connectivity index (χ2v) is 4.29. The maximum Gasteiger partial charge on any atom is 0.337 e. The smallest absolute Gasteiger partial charge is 0.337 e. The number of carbonyl (C=O) groups excluding carboxylic acids is 1. The highest BCUT2D eigenvalue weighted by Crippen LogP contribution is 2.31. The van der Waals surface area contributed by atoms with Crippen molar-refractivity contribution in [2.45, 2.75) is 0 Å². The number of benzene rings is 2. The van der Waals surface area contributed by atoms with Crippen LogP contribution in [-0.2, 0) is 4.74 Å². The summed E-state index contributed by atoms with van der Waals surface area (Å²) in [6.45, 7) is 0. The van der Waals surface area contributed by atoms with E-state index in [1.165, 1.54) is 37.4 Å². The normalized spacial score (nSPS) is 10.3. The lowest BCUT2D eigenvalue weighted by molar-refractivity contribution is 0.0601. The van der Waals surface area contributed by atoms with Crippen molar-refractivity contribution in [2.75, 3.05) is 7.11 Å². The Morgan fingerprint density at radius 1 is 1.26 bits per heavy atom. The summed E-state index contributed by atoms with van der Waals surface area (Å²) in [6.07, 6.45) is 0.